The van der Waals surface area contributed by atoms with Crippen LogP contribution in [0.1, 0.15) is 125 Å². The number of aliphatic hydroxyl groups is 2. The van der Waals surface area contributed by atoms with Gasteiger partial charge in [0.25, 0.3) is 23.6 Å². The molecule has 36 heteroatoms. The lowest BCUT2D eigenvalue weighted by Crippen LogP contribution is -2.62. The third kappa shape index (κ3) is 13.9. The number of hydrogen-bond donors (Lipinski definition) is 9. The molecule has 31 nitrogen and oxygen atoms in total. The number of benzene rings is 1. The number of esters is 2. The first-order chi connectivity index (χ1) is 46.8. The first kappa shape index (κ1) is 69.1. The first-order valence-electron chi connectivity index (χ1n) is 30.4. The van der Waals surface area contributed by atoms with Gasteiger partial charge in [0.15, 0.2) is 18.1 Å². The number of pyridine rings is 1. The van der Waals surface area contributed by atoms with Crippen molar-refractivity contribution in [3.8, 4) is 38.4 Å². The molecule has 7 aromatic heterocycles. The maximum absolute atomic E-state index is 15.2. The summed E-state index contributed by atoms with van der Waals surface area (Å²) < 4.78 is 38.3. The highest BCUT2D eigenvalue weighted by molar-refractivity contribution is 7.14. The summed E-state index contributed by atoms with van der Waals surface area (Å²) >= 11 is 4.72. The van der Waals surface area contributed by atoms with E-state index in [9.17, 15) is 39.7 Å². The van der Waals surface area contributed by atoms with Crippen LogP contribution < -0.4 is 26.6 Å². The van der Waals surface area contributed by atoms with Gasteiger partial charge in [0.1, 0.15) is 120 Å². The predicted octanol–water partition coefficient (Wildman–Crippen LogP) is 4.45. The van der Waals surface area contributed by atoms with Crippen molar-refractivity contribution in [2.45, 2.75) is 108 Å². The van der Waals surface area contributed by atoms with Crippen molar-refractivity contribution in [1.29, 1.82) is 0 Å². The van der Waals surface area contributed by atoms with Crippen LogP contribution in [-0.2, 0) is 51.2 Å². The minimum atomic E-state index is -1.90. The Hall–Kier alpha value is -8.79. The second-order valence-electron chi connectivity index (χ2n) is 24.1. The van der Waals surface area contributed by atoms with Crippen LogP contribution in [0.4, 0.5) is 0 Å². The molecule has 4 aliphatic rings. The zero-order valence-corrected chi connectivity index (χ0v) is 57.9. The van der Waals surface area contributed by atoms with Crippen LogP contribution in [0.5, 0.6) is 5.75 Å². The molecular formula is C62H66N14O17S5. The highest BCUT2D eigenvalue weighted by Gasteiger charge is 2.50. The summed E-state index contributed by atoms with van der Waals surface area (Å²) in [7, 11) is 8.58. The normalized spacial score (nSPS) is 24.2. The summed E-state index contributed by atoms with van der Waals surface area (Å²) in [5.74, 6) is -6.64. The number of carbonyl (C=O) groups excluding carboxylic acids is 7. The molecule has 10 atom stereocenters. The number of aliphatic hydroxyl groups excluding tert-OH is 1. The molecule has 0 spiro atoms. The number of carbonyl (C=O) groups is 7. The van der Waals surface area contributed by atoms with Gasteiger partial charge in [0.05, 0.1) is 43.1 Å². The van der Waals surface area contributed by atoms with E-state index in [0.717, 1.165) is 56.7 Å². The summed E-state index contributed by atoms with van der Waals surface area (Å²) in [6.07, 6.45) is -7.46. The Balaban J connectivity index is 1.04. The Kier molecular flexibility index (Phi) is 19.9. The van der Waals surface area contributed by atoms with Crippen LogP contribution in [0.15, 0.2) is 56.9 Å². The lowest BCUT2D eigenvalue weighted by Gasteiger charge is -2.48. The van der Waals surface area contributed by atoms with Crippen molar-refractivity contribution in [3.63, 3.8) is 0 Å². The Morgan fingerprint density at radius 2 is 1.51 bits per heavy atom. The molecule has 5 amide bonds. The Morgan fingerprint density at radius 3 is 2.23 bits per heavy atom. The van der Waals surface area contributed by atoms with Crippen molar-refractivity contribution in [2.24, 2.45) is 0 Å². The standard InChI is InChI=1S/C62H66N14O17S5/c1-25(77)41-54(83)72-42(26(2)88-9)57-68-36(24-96-57)53(82)73-45-47-48(93-39-16-62(4,86)49(75(7)8)27(3)92-39)61(85)90-17-28-11-10-12-37-40(28)30(18-89-47)46(76(37)87)60(84)91-19-31(64-51(80)34-23-98-59(45)69-34)56-65-32(20-95-56)43-29(55-66-35(22-94-55)52(81)71-41)15-38(78)44(70-43)58-67-33(21-97-58)50(79)63-13-14-74(5)6/h10-12,15,20-25,27,31,39,41,45,47-49,77-78,86-87H,13-14,16-19H2,1-9H3,(H,63,79)(H,64,80)(H,71,81)(H,72,83)(H,73,82)/b42-26+/t25-,27+,31+,39+,41+,45+,47+,48+,49-,62+/m1/s1. The first-order valence-corrected chi connectivity index (χ1v) is 34.8. The number of nitrogens with zero attached hydrogens (tertiary/aromatic N) is 9. The van der Waals surface area contributed by atoms with Gasteiger partial charge in [0, 0.05) is 62.9 Å². The minimum absolute atomic E-state index is 0.00197. The van der Waals surface area contributed by atoms with Crippen molar-refractivity contribution in [1.82, 2.24) is 71.0 Å². The van der Waals surface area contributed by atoms with Gasteiger partial charge in [0.2, 0.25) is 5.91 Å². The van der Waals surface area contributed by atoms with Crippen LogP contribution in [0, 0.1) is 0 Å². The van der Waals surface area contributed by atoms with Crippen molar-refractivity contribution < 1.29 is 82.5 Å². The molecule has 9 N–H and O–H groups in total. The summed E-state index contributed by atoms with van der Waals surface area (Å²) in [5.41, 5.74) is -2.11. The number of nitrogens with one attached hydrogen (secondary N) is 5. The molecule has 1 fully saturated rings. The fourth-order valence-electron chi connectivity index (χ4n) is 12.0. The summed E-state index contributed by atoms with van der Waals surface area (Å²) in [4.78, 5) is 134. The molecule has 516 valence electrons. The van der Waals surface area contributed by atoms with Crippen LogP contribution in [-0.4, -0.2) is 210 Å². The summed E-state index contributed by atoms with van der Waals surface area (Å²) in [5, 5.41) is 68.7. The van der Waals surface area contributed by atoms with Crippen molar-refractivity contribution >= 4 is 115 Å². The van der Waals surface area contributed by atoms with Gasteiger partial charge in [-0.3, -0.25) is 24.0 Å². The number of amides is 5. The summed E-state index contributed by atoms with van der Waals surface area (Å²) in [6.45, 7) is 5.23. The van der Waals surface area contributed by atoms with Gasteiger partial charge in [-0.2, -0.15) is 4.73 Å². The fourth-order valence-corrected chi connectivity index (χ4v) is 16.1. The van der Waals surface area contributed by atoms with Crippen LogP contribution in [0.3, 0.4) is 0 Å². The molecule has 1 saturated heterocycles. The van der Waals surface area contributed by atoms with Gasteiger partial charge in [-0.1, -0.05) is 12.1 Å². The monoisotopic (exact) mass is 1440 g/mol. The molecule has 98 heavy (non-hydrogen) atoms. The number of cyclic esters (lactones) is 2. The van der Waals surface area contributed by atoms with Crippen LogP contribution in [0.2, 0.25) is 0 Å². The third-order valence-electron chi connectivity index (χ3n) is 16.6. The zero-order valence-electron chi connectivity index (χ0n) is 53.8. The van der Waals surface area contributed by atoms with E-state index in [1.165, 1.54) is 54.6 Å². The Morgan fingerprint density at radius 1 is 0.837 bits per heavy atom. The molecule has 12 rings (SSSR count). The van der Waals surface area contributed by atoms with Crippen LogP contribution >= 0.6 is 56.7 Å². The third-order valence-corrected chi connectivity index (χ3v) is 21.1. The Labute approximate surface area is 577 Å². The van der Waals surface area contributed by atoms with Gasteiger partial charge in [-0.25, -0.2) is 39.5 Å². The fraction of sp³-hybridized carbons (Fsp3) is 0.403. The highest BCUT2D eigenvalue weighted by Crippen LogP contribution is 2.43. The molecule has 0 radical (unpaired) electrons. The largest absolute Gasteiger partial charge is 0.506 e. The van der Waals surface area contributed by atoms with E-state index in [4.69, 9.17) is 43.4 Å². The van der Waals surface area contributed by atoms with E-state index in [1.807, 2.05) is 19.0 Å². The van der Waals surface area contributed by atoms with E-state index in [1.54, 1.807) is 50.4 Å². The number of hydrogen-bond acceptors (Lipinski definition) is 30. The van der Waals surface area contributed by atoms with E-state index >= 15 is 14.4 Å². The molecule has 1 aromatic carbocycles. The van der Waals surface area contributed by atoms with Crippen molar-refractivity contribution in [3.05, 3.63) is 112 Å². The number of methoxy groups -OCH3 is 1. The highest BCUT2D eigenvalue weighted by atomic mass is 32.1. The summed E-state index contributed by atoms with van der Waals surface area (Å²) in [6, 6.07) is 0.846. The van der Waals surface area contributed by atoms with Gasteiger partial charge >= 0.3 is 11.9 Å². The number of aromatic nitrogens is 7. The van der Waals surface area contributed by atoms with E-state index < -0.39 is 133 Å². The second-order valence-corrected chi connectivity index (χ2v) is 28.4. The number of rotatable bonds is 10. The number of ether oxygens (including phenoxy) is 6. The maximum atomic E-state index is 15.2. The van der Waals surface area contributed by atoms with Crippen LogP contribution in [0.25, 0.3) is 49.3 Å². The molecule has 0 aliphatic carbocycles. The molecule has 12 bridgehead atoms. The minimum Gasteiger partial charge on any atom is -0.506 e. The molecule has 8 aromatic rings. The van der Waals surface area contributed by atoms with Crippen molar-refractivity contribution in [2.75, 3.05) is 55.0 Å². The zero-order chi connectivity index (χ0) is 69.8. The lowest BCUT2D eigenvalue weighted by molar-refractivity contribution is -0.280. The quantitative estimate of drug-likeness (QED) is 0.0518. The van der Waals surface area contributed by atoms with E-state index in [-0.39, 0.29) is 105 Å². The number of thiazole rings is 5. The number of aromatic hydroxyl groups is 1. The molecule has 0 saturated carbocycles. The topological polar surface area (TPSA) is 405 Å². The second kappa shape index (κ2) is 28.2. The Bertz CT molecular complexity index is 4480. The average molecular weight is 1440 g/mol. The number of likely N-dealkylation sites (N-methyl/N-ethyl adjacent to an activating group) is 2. The van der Waals surface area contributed by atoms with E-state index in [0.29, 0.717) is 23.4 Å². The maximum Gasteiger partial charge on any atom is 0.358 e. The van der Waals surface area contributed by atoms with Gasteiger partial charge in [-0.15, -0.1) is 56.7 Å². The number of fused-ring (bicyclic) bond motifs is 15. The number of allylic oxidation sites excluding steroid dienone is 1. The molecule has 0 unspecified atom stereocenters. The SMILES string of the molecule is CO/C(C)=C1/NC(=O)[C@H]([C@@H](C)O)NC(=O)c2csc(n2)-c2cc(O)c(-c3nc(C(=O)NCCN(C)C)cs3)nc2-c2csc(n2)[C@@H]2COC(=O)c3c4c5c(cccc5n3O)COC(=O)[C@@H](O[C@H]3C[C@](C)(O)[C@H](N(C)C)[C@H](C)O3)[C@@H](OC4)[C@H](NC(=O)c3csc1n3)c1nc(cs1)C(=O)N2. The smallest absolute Gasteiger partial charge is 0.358 e. The molecule has 4 aliphatic heterocycles. The van der Waals surface area contributed by atoms with Gasteiger partial charge in [-0.05, 0) is 73.6 Å². The van der Waals surface area contributed by atoms with E-state index in [2.05, 4.69) is 41.5 Å². The predicted molar refractivity (Wildman–Crippen MR) is 355 cm³/mol. The van der Waals surface area contributed by atoms with Gasteiger partial charge < -0.3 is 85.3 Å². The lowest BCUT2D eigenvalue weighted by atomic mass is 9.85. The average Bonchev–Trinajstić information content (AvgIpc) is 1.69. The molecule has 11 heterocycles. The molecular weight excluding hydrogens is 1370 g/mol.